The molecule has 0 fully saturated rings. The third kappa shape index (κ3) is 2.67. The average Bonchev–Trinajstić information content (AvgIpc) is 2.04. The molecular formula is C7H4AsCl3O. The molecular weight excluding hydrogens is 281 g/mol. The van der Waals surface area contributed by atoms with Crippen molar-refractivity contribution in [2.75, 3.05) is 0 Å². The molecule has 0 saturated heterocycles. The molecule has 12 heavy (non-hydrogen) atoms. The van der Waals surface area contributed by atoms with Crippen LogP contribution in [0.2, 0.25) is 0 Å². The Kier molecular flexibility index (Phi) is 3.92. The summed E-state index contributed by atoms with van der Waals surface area (Å²) < 4.78 is 0.896. The second-order valence-electron chi connectivity index (χ2n) is 2.05. The zero-order valence-electron chi connectivity index (χ0n) is 5.80. The number of hydrogen-bond donors (Lipinski definition) is 0. The predicted molar refractivity (Wildman–Crippen MR) is 53.7 cm³/mol. The SMILES string of the molecule is O=C(Cl)c1ccc([As](Cl)Cl)cc1. The van der Waals surface area contributed by atoms with Gasteiger partial charge in [-0.05, 0) is 0 Å². The standard InChI is InChI=1S/C7H4AsCl3O/c9-7(12)5-1-3-6(4-2-5)8(10)11/h1-4H. The first-order valence-electron chi connectivity index (χ1n) is 3.03. The van der Waals surface area contributed by atoms with E-state index in [4.69, 9.17) is 31.5 Å². The van der Waals surface area contributed by atoms with Crippen molar-refractivity contribution in [3.63, 3.8) is 0 Å². The Bertz CT molecular complexity index is 283. The molecule has 64 valence electrons. The Labute approximate surface area is 88.2 Å². The van der Waals surface area contributed by atoms with Gasteiger partial charge in [-0.15, -0.1) is 0 Å². The third-order valence-electron chi connectivity index (χ3n) is 1.29. The van der Waals surface area contributed by atoms with Crippen LogP contribution in [0.4, 0.5) is 0 Å². The van der Waals surface area contributed by atoms with E-state index in [1.54, 1.807) is 24.3 Å². The van der Waals surface area contributed by atoms with Crippen molar-refractivity contribution in [2.45, 2.75) is 0 Å². The van der Waals surface area contributed by atoms with E-state index in [0.29, 0.717) is 5.56 Å². The van der Waals surface area contributed by atoms with Crippen molar-refractivity contribution in [2.24, 2.45) is 0 Å². The van der Waals surface area contributed by atoms with E-state index in [-0.39, 0.29) is 0 Å². The van der Waals surface area contributed by atoms with Crippen LogP contribution in [0.1, 0.15) is 10.4 Å². The number of hydrogen-bond acceptors (Lipinski definition) is 1. The molecule has 0 atom stereocenters. The molecule has 0 amide bonds. The van der Waals surface area contributed by atoms with Gasteiger partial charge in [0, 0.05) is 0 Å². The fourth-order valence-electron chi connectivity index (χ4n) is 0.705. The van der Waals surface area contributed by atoms with Crippen LogP contribution < -0.4 is 4.35 Å². The van der Waals surface area contributed by atoms with Crippen LogP contribution >= 0.6 is 31.5 Å². The predicted octanol–water partition coefficient (Wildman–Crippen LogP) is 2.24. The van der Waals surface area contributed by atoms with Gasteiger partial charge in [0.05, 0.1) is 0 Å². The summed E-state index contributed by atoms with van der Waals surface area (Å²) in [4.78, 5) is 10.6. The van der Waals surface area contributed by atoms with Gasteiger partial charge < -0.3 is 0 Å². The Morgan fingerprint density at radius 3 is 2.00 bits per heavy atom. The molecule has 0 spiro atoms. The zero-order valence-corrected chi connectivity index (χ0v) is 9.94. The molecule has 1 nitrogen and oxygen atoms in total. The summed E-state index contributed by atoms with van der Waals surface area (Å²) in [6, 6.07) is 6.71. The van der Waals surface area contributed by atoms with Gasteiger partial charge in [0.25, 0.3) is 0 Å². The van der Waals surface area contributed by atoms with Gasteiger partial charge in [0.1, 0.15) is 0 Å². The van der Waals surface area contributed by atoms with Gasteiger partial charge in [0.15, 0.2) is 0 Å². The van der Waals surface area contributed by atoms with E-state index in [1.165, 1.54) is 0 Å². The molecule has 0 aliphatic heterocycles. The van der Waals surface area contributed by atoms with Crippen LogP contribution in [0.15, 0.2) is 24.3 Å². The maximum absolute atomic E-state index is 10.6. The van der Waals surface area contributed by atoms with Gasteiger partial charge in [-0.3, -0.25) is 0 Å². The normalized spacial score (nSPS) is 10.3. The Balaban J connectivity index is 2.93. The molecule has 0 saturated carbocycles. The number of halogens is 3. The quantitative estimate of drug-likeness (QED) is 0.601. The van der Waals surface area contributed by atoms with Crippen molar-refractivity contribution >= 4 is 53.9 Å². The van der Waals surface area contributed by atoms with Gasteiger partial charge in [-0.2, -0.15) is 0 Å². The van der Waals surface area contributed by atoms with Crippen molar-refractivity contribution in [1.29, 1.82) is 0 Å². The van der Waals surface area contributed by atoms with E-state index >= 15 is 0 Å². The van der Waals surface area contributed by atoms with Crippen LogP contribution in [0, 0.1) is 0 Å². The Hall–Kier alpha value is 0.318. The molecule has 0 aliphatic rings. The van der Waals surface area contributed by atoms with E-state index in [2.05, 4.69) is 0 Å². The molecule has 1 aromatic carbocycles. The maximum atomic E-state index is 10.6. The monoisotopic (exact) mass is 284 g/mol. The number of benzene rings is 1. The zero-order chi connectivity index (χ0) is 9.14. The summed E-state index contributed by atoms with van der Waals surface area (Å²) in [5.74, 6) is 0. The van der Waals surface area contributed by atoms with Crippen LogP contribution in [-0.4, -0.2) is 18.0 Å². The van der Waals surface area contributed by atoms with E-state index < -0.39 is 18.0 Å². The summed E-state index contributed by atoms with van der Waals surface area (Å²) in [7, 11) is 11.5. The summed E-state index contributed by atoms with van der Waals surface area (Å²) in [6.07, 6.45) is 0. The fourth-order valence-corrected chi connectivity index (χ4v) is 2.79. The molecule has 0 aliphatic carbocycles. The van der Waals surface area contributed by atoms with Gasteiger partial charge in [-0.25, -0.2) is 0 Å². The van der Waals surface area contributed by atoms with E-state index in [9.17, 15) is 4.79 Å². The number of rotatable bonds is 2. The van der Waals surface area contributed by atoms with Crippen LogP contribution in [0.5, 0.6) is 0 Å². The second-order valence-corrected chi connectivity index (χ2v) is 8.87. The summed E-state index contributed by atoms with van der Waals surface area (Å²) >= 11 is 3.39. The minimum absolute atomic E-state index is 0.463. The first-order chi connectivity index (χ1) is 5.61. The first kappa shape index (κ1) is 10.4. The van der Waals surface area contributed by atoms with Crippen LogP contribution in [0.25, 0.3) is 0 Å². The topological polar surface area (TPSA) is 17.1 Å². The molecule has 0 heterocycles. The molecule has 1 aromatic rings. The molecule has 0 aromatic heterocycles. The van der Waals surface area contributed by atoms with Gasteiger partial charge in [0.2, 0.25) is 0 Å². The van der Waals surface area contributed by atoms with Crippen molar-refractivity contribution in [3.05, 3.63) is 29.8 Å². The molecule has 5 heteroatoms. The summed E-state index contributed by atoms with van der Waals surface area (Å²) in [5, 5.41) is -0.468. The third-order valence-corrected chi connectivity index (χ3v) is 4.98. The van der Waals surface area contributed by atoms with Gasteiger partial charge >= 0.3 is 88.5 Å². The van der Waals surface area contributed by atoms with E-state index in [0.717, 1.165) is 4.35 Å². The van der Waals surface area contributed by atoms with Crippen molar-refractivity contribution in [1.82, 2.24) is 0 Å². The van der Waals surface area contributed by atoms with Gasteiger partial charge in [-0.1, -0.05) is 0 Å². The summed E-state index contributed by atoms with van der Waals surface area (Å²) in [6.45, 7) is 0. The van der Waals surface area contributed by atoms with E-state index in [1.807, 2.05) is 0 Å². The van der Waals surface area contributed by atoms with Crippen LogP contribution in [0.3, 0.4) is 0 Å². The first-order valence-corrected chi connectivity index (χ1v) is 9.27. The molecule has 0 bridgehead atoms. The second kappa shape index (κ2) is 4.53. The molecule has 0 radical (unpaired) electrons. The summed E-state index contributed by atoms with van der Waals surface area (Å²) in [5.41, 5.74) is 0.463. The fraction of sp³-hybridized carbons (Fsp3) is 0. The number of carbonyl (C=O) groups is 1. The molecule has 1 rings (SSSR count). The number of carbonyl (C=O) groups excluding carboxylic acids is 1. The Morgan fingerprint density at radius 2 is 1.67 bits per heavy atom. The minimum atomic E-state index is -1.85. The van der Waals surface area contributed by atoms with Crippen molar-refractivity contribution < 1.29 is 4.79 Å². The van der Waals surface area contributed by atoms with Crippen LogP contribution in [-0.2, 0) is 0 Å². The van der Waals surface area contributed by atoms with Crippen molar-refractivity contribution in [3.8, 4) is 0 Å². The molecule has 0 unspecified atom stereocenters. The molecule has 0 N–H and O–H groups in total. The average molecular weight is 285 g/mol. The Morgan fingerprint density at radius 1 is 1.17 bits per heavy atom.